The molecule has 39 heavy (non-hydrogen) atoms. The van der Waals surface area contributed by atoms with Gasteiger partial charge in [-0.15, -0.1) is 0 Å². The molecule has 214 valence electrons. The second-order valence-electron chi connectivity index (χ2n) is 10.3. The molecule has 0 bridgehead atoms. The molecule has 9 nitrogen and oxygen atoms in total. The molecule has 3 fully saturated rings. The molecule has 1 N–H and O–H groups in total. The van der Waals surface area contributed by atoms with Gasteiger partial charge in [0.1, 0.15) is 41.5 Å². The number of halogens is 4. The number of ether oxygens (including phenoxy) is 1. The Labute approximate surface area is 225 Å². The van der Waals surface area contributed by atoms with Gasteiger partial charge in [0.15, 0.2) is 0 Å². The zero-order chi connectivity index (χ0) is 27.6. The molecular weight excluding hydrogens is 518 g/mol. The lowest BCUT2D eigenvalue weighted by Crippen LogP contribution is -2.53. The van der Waals surface area contributed by atoms with Crippen molar-refractivity contribution in [3.63, 3.8) is 0 Å². The van der Waals surface area contributed by atoms with Crippen molar-refractivity contribution < 1.29 is 27.4 Å². The van der Waals surface area contributed by atoms with E-state index in [-0.39, 0.29) is 30.8 Å². The molecule has 2 aromatic rings. The van der Waals surface area contributed by atoms with E-state index in [0.717, 1.165) is 43.6 Å². The van der Waals surface area contributed by atoms with Crippen molar-refractivity contribution in [2.24, 2.45) is 0 Å². The van der Waals surface area contributed by atoms with Crippen LogP contribution in [0.15, 0.2) is 18.3 Å². The van der Waals surface area contributed by atoms with Gasteiger partial charge in [0.25, 0.3) is 0 Å². The van der Waals surface area contributed by atoms with E-state index in [0.29, 0.717) is 51.5 Å². The van der Waals surface area contributed by atoms with Gasteiger partial charge in [-0.1, -0.05) is 0 Å². The summed E-state index contributed by atoms with van der Waals surface area (Å²) >= 11 is 0. The maximum Gasteiger partial charge on any atom is 0.420 e. The monoisotopic (exact) mass is 553 g/mol. The van der Waals surface area contributed by atoms with Crippen molar-refractivity contribution in [3.8, 4) is 5.75 Å². The first kappa shape index (κ1) is 27.5. The fraction of sp³-hybridized carbons (Fsp3) is 0.654. The van der Waals surface area contributed by atoms with E-state index in [1.165, 1.54) is 6.20 Å². The number of rotatable bonds is 7. The largest absolute Gasteiger partial charge is 0.490 e. The smallest absolute Gasteiger partial charge is 0.420 e. The number of piperidine rings is 1. The standard InChI is InChI=1S/C26H35F4N7O2/c1-18-17-36(24-21(26(28,29)30)14-20(16-31-24)39-13-12-38)10-11-37(18)23-15-22(34-8-4-19(27)5-9-34)32-25(33-23)35-6-2-3-7-35/h14-16,18-19,38H,2-13,17H2,1H3. The molecule has 3 aliphatic rings. The summed E-state index contributed by atoms with van der Waals surface area (Å²) in [5.74, 6) is 1.97. The molecule has 13 heteroatoms. The highest BCUT2D eigenvalue weighted by atomic mass is 19.4. The van der Waals surface area contributed by atoms with Gasteiger partial charge in [-0.05, 0) is 38.7 Å². The molecule has 0 aliphatic carbocycles. The normalized spacial score (nSPS) is 21.1. The van der Waals surface area contributed by atoms with Crippen molar-refractivity contribution in [2.75, 3.05) is 78.6 Å². The van der Waals surface area contributed by atoms with Crippen molar-refractivity contribution in [2.45, 2.75) is 51.0 Å². The Bertz CT molecular complexity index is 1120. The third-order valence-corrected chi connectivity index (χ3v) is 7.55. The maximum atomic E-state index is 14.0. The highest BCUT2D eigenvalue weighted by molar-refractivity contribution is 5.58. The Hall–Kier alpha value is -3.09. The van der Waals surface area contributed by atoms with E-state index >= 15 is 0 Å². The lowest BCUT2D eigenvalue weighted by atomic mass is 10.1. The lowest BCUT2D eigenvalue weighted by molar-refractivity contribution is -0.137. The summed E-state index contributed by atoms with van der Waals surface area (Å²) in [6.45, 7) is 5.57. The van der Waals surface area contributed by atoms with Crippen LogP contribution in [0.4, 0.5) is 41.0 Å². The number of aliphatic hydroxyl groups is 1. The number of aliphatic hydroxyl groups excluding tert-OH is 1. The Morgan fingerprint density at radius 3 is 2.33 bits per heavy atom. The van der Waals surface area contributed by atoms with Crippen molar-refractivity contribution in [1.29, 1.82) is 0 Å². The van der Waals surface area contributed by atoms with Crippen LogP contribution in [0.2, 0.25) is 0 Å². The first-order valence-electron chi connectivity index (χ1n) is 13.6. The van der Waals surface area contributed by atoms with E-state index in [1.54, 1.807) is 4.90 Å². The van der Waals surface area contributed by atoms with Gasteiger partial charge in [0.05, 0.1) is 12.8 Å². The third-order valence-electron chi connectivity index (χ3n) is 7.55. The number of nitrogens with zero attached hydrogens (tertiary/aromatic N) is 7. The molecule has 0 amide bonds. The summed E-state index contributed by atoms with van der Waals surface area (Å²) < 4.78 is 60.8. The number of hydrogen-bond acceptors (Lipinski definition) is 9. The molecule has 5 rings (SSSR count). The Morgan fingerprint density at radius 2 is 1.67 bits per heavy atom. The fourth-order valence-electron chi connectivity index (χ4n) is 5.49. The van der Waals surface area contributed by atoms with Crippen LogP contribution in [-0.4, -0.2) is 91.3 Å². The van der Waals surface area contributed by atoms with E-state index in [4.69, 9.17) is 19.8 Å². The summed E-state index contributed by atoms with van der Waals surface area (Å²) in [4.78, 5) is 21.8. The van der Waals surface area contributed by atoms with E-state index in [2.05, 4.69) is 19.7 Å². The first-order valence-corrected chi connectivity index (χ1v) is 13.6. The van der Waals surface area contributed by atoms with Crippen LogP contribution >= 0.6 is 0 Å². The van der Waals surface area contributed by atoms with Crippen molar-refractivity contribution >= 4 is 23.4 Å². The van der Waals surface area contributed by atoms with Crippen LogP contribution in [-0.2, 0) is 6.18 Å². The highest BCUT2D eigenvalue weighted by Crippen LogP contribution is 2.38. The van der Waals surface area contributed by atoms with Gasteiger partial charge in [-0.25, -0.2) is 9.37 Å². The van der Waals surface area contributed by atoms with Crippen LogP contribution in [0.5, 0.6) is 5.75 Å². The number of anilines is 4. The minimum Gasteiger partial charge on any atom is -0.490 e. The van der Waals surface area contributed by atoms with Gasteiger partial charge < -0.3 is 29.4 Å². The summed E-state index contributed by atoms with van der Waals surface area (Å²) in [6.07, 6.45) is -1.07. The van der Waals surface area contributed by atoms with Crippen molar-refractivity contribution in [1.82, 2.24) is 15.0 Å². The molecular formula is C26H35F4N7O2. The average molecular weight is 554 g/mol. The Kier molecular flexibility index (Phi) is 8.15. The van der Waals surface area contributed by atoms with Gasteiger partial charge in [0.2, 0.25) is 5.95 Å². The predicted octanol–water partition coefficient (Wildman–Crippen LogP) is 3.52. The van der Waals surface area contributed by atoms with E-state index in [9.17, 15) is 17.6 Å². The number of alkyl halides is 4. The second kappa shape index (κ2) is 11.6. The molecule has 2 aromatic heterocycles. The van der Waals surface area contributed by atoms with Crippen LogP contribution in [0, 0.1) is 0 Å². The molecule has 0 aromatic carbocycles. The second-order valence-corrected chi connectivity index (χ2v) is 10.3. The first-order chi connectivity index (χ1) is 18.7. The maximum absolute atomic E-state index is 14.0. The van der Waals surface area contributed by atoms with Crippen molar-refractivity contribution in [3.05, 3.63) is 23.9 Å². The minimum absolute atomic E-state index is 0.0356. The van der Waals surface area contributed by atoms with Crippen LogP contribution < -0.4 is 24.3 Å². The summed E-state index contributed by atoms with van der Waals surface area (Å²) in [5.41, 5.74) is -0.865. The number of pyridine rings is 1. The van der Waals surface area contributed by atoms with Gasteiger partial charge in [-0.2, -0.15) is 23.1 Å². The Balaban J connectivity index is 1.38. The molecule has 1 atom stereocenters. The minimum atomic E-state index is -4.61. The quantitative estimate of drug-likeness (QED) is 0.518. The fourth-order valence-corrected chi connectivity index (χ4v) is 5.49. The zero-order valence-corrected chi connectivity index (χ0v) is 22.1. The number of hydrogen-bond donors (Lipinski definition) is 1. The van der Waals surface area contributed by atoms with E-state index in [1.807, 2.05) is 13.0 Å². The molecule has 0 saturated carbocycles. The average Bonchev–Trinajstić information content (AvgIpc) is 3.47. The molecule has 5 heterocycles. The Morgan fingerprint density at radius 1 is 0.949 bits per heavy atom. The van der Waals surface area contributed by atoms with Gasteiger partial charge >= 0.3 is 6.18 Å². The predicted molar refractivity (Wildman–Crippen MR) is 141 cm³/mol. The lowest BCUT2D eigenvalue weighted by Gasteiger charge is -2.42. The SMILES string of the molecule is CC1CN(c2ncc(OCCO)cc2C(F)(F)F)CCN1c1cc(N2CCC(F)CC2)nc(N2CCCC2)n1. The van der Waals surface area contributed by atoms with Crippen LogP contribution in [0.3, 0.4) is 0 Å². The van der Waals surface area contributed by atoms with Gasteiger partial charge in [0, 0.05) is 57.9 Å². The molecule has 3 aliphatic heterocycles. The van der Waals surface area contributed by atoms with Crippen LogP contribution in [0.1, 0.15) is 38.2 Å². The highest BCUT2D eigenvalue weighted by Gasteiger charge is 2.38. The number of piperazine rings is 1. The van der Waals surface area contributed by atoms with E-state index < -0.39 is 17.9 Å². The molecule has 0 radical (unpaired) electrons. The topological polar surface area (TPSA) is 81.1 Å². The molecule has 1 unspecified atom stereocenters. The third kappa shape index (κ3) is 6.23. The van der Waals surface area contributed by atoms with Gasteiger partial charge in [-0.3, -0.25) is 0 Å². The summed E-state index contributed by atoms with van der Waals surface area (Å²) in [7, 11) is 0. The summed E-state index contributed by atoms with van der Waals surface area (Å²) in [5, 5.41) is 8.93. The van der Waals surface area contributed by atoms with Crippen LogP contribution in [0.25, 0.3) is 0 Å². The zero-order valence-electron chi connectivity index (χ0n) is 22.1. The molecule has 0 spiro atoms. The summed E-state index contributed by atoms with van der Waals surface area (Å²) in [6, 6.07) is 2.71. The molecule has 3 saturated heterocycles. The number of aromatic nitrogens is 3.